The molecule has 18 heavy (non-hydrogen) atoms. The molecule has 1 aliphatic heterocycles. The highest BCUT2D eigenvalue weighted by Gasteiger charge is 2.42. The van der Waals surface area contributed by atoms with Gasteiger partial charge in [-0.1, -0.05) is 19.1 Å². The van der Waals surface area contributed by atoms with Gasteiger partial charge in [0.25, 0.3) is 0 Å². The summed E-state index contributed by atoms with van der Waals surface area (Å²) in [6.07, 6.45) is 7.46. The molecule has 4 nitrogen and oxygen atoms in total. The lowest BCUT2D eigenvalue weighted by Crippen LogP contribution is -2.48. The fourth-order valence-electron chi connectivity index (χ4n) is 2.59. The number of thioether (sulfide) groups is 1. The number of carboxylic acids is 1. The average Bonchev–Trinajstić information content (AvgIpc) is 2.82. The van der Waals surface area contributed by atoms with E-state index in [9.17, 15) is 14.7 Å². The molecule has 0 spiro atoms. The minimum atomic E-state index is -0.877. The molecular formula is C13H19NO3S. The number of hydrogen-bond acceptors (Lipinski definition) is 3. The van der Waals surface area contributed by atoms with Crippen molar-refractivity contribution in [2.45, 2.75) is 44.0 Å². The van der Waals surface area contributed by atoms with E-state index in [2.05, 4.69) is 6.08 Å². The summed E-state index contributed by atoms with van der Waals surface area (Å²) in [6, 6.07) is -0.640. The number of allylic oxidation sites excluding steroid dienone is 2. The molecular weight excluding hydrogens is 250 g/mol. The Hall–Kier alpha value is -0.970. The molecule has 1 aliphatic carbocycles. The van der Waals surface area contributed by atoms with Crippen molar-refractivity contribution in [2.75, 3.05) is 5.75 Å². The van der Waals surface area contributed by atoms with E-state index >= 15 is 0 Å². The topological polar surface area (TPSA) is 57.6 Å². The molecule has 1 N–H and O–H groups in total. The number of carboxylic acid groups (broad SMARTS) is 1. The maximum Gasteiger partial charge on any atom is 0.327 e. The van der Waals surface area contributed by atoms with Crippen molar-refractivity contribution < 1.29 is 14.7 Å². The first-order valence-corrected chi connectivity index (χ1v) is 7.51. The van der Waals surface area contributed by atoms with E-state index in [0.29, 0.717) is 5.75 Å². The summed E-state index contributed by atoms with van der Waals surface area (Å²) in [5.41, 5.74) is 0. The van der Waals surface area contributed by atoms with Gasteiger partial charge in [0.05, 0.1) is 5.37 Å². The van der Waals surface area contributed by atoms with Crippen LogP contribution in [0.4, 0.5) is 0 Å². The third kappa shape index (κ3) is 2.55. The van der Waals surface area contributed by atoms with Crippen LogP contribution in [0, 0.1) is 5.92 Å². The van der Waals surface area contributed by atoms with Gasteiger partial charge in [0.1, 0.15) is 6.04 Å². The van der Waals surface area contributed by atoms with Crippen molar-refractivity contribution in [3.05, 3.63) is 12.2 Å². The predicted octanol–water partition coefficient (Wildman–Crippen LogP) is 2.11. The molecule has 0 radical (unpaired) electrons. The third-order valence-electron chi connectivity index (χ3n) is 3.60. The standard InChI is InChI=1S/C13H19NO3S/c1-2-11-14(10(8-18-11)13(16)17)12(15)9-6-4-3-5-7-9/h3-4,9-11H,2,5-8H2,1H3,(H,16,17). The number of carbonyl (C=O) groups is 2. The van der Waals surface area contributed by atoms with E-state index in [-0.39, 0.29) is 17.2 Å². The second-order valence-electron chi connectivity index (χ2n) is 4.78. The van der Waals surface area contributed by atoms with Crippen LogP contribution in [0.2, 0.25) is 0 Å². The van der Waals surface area contributed by atoms with Gasteiger partial charge in [-0.2, -0.15) is 0 Å². The average molecular weight is 269 g/mol. The lowest BCUT2D eigenvalue weighted by atomic mass is 9.92. The number of aliphatic carboxylic acids is 1. The van der Waals surface area contributed by atoms with Crippen molar-refractivity contribution in [1.29, 1.82) is 0 Å². The summed E-state index contributed by atoms with van der Waals surface area (Å²) < 4.78 is 0. The van der Waals surface area contributed by atoms with E-state index in [0.717, 1.165) is 25.7 Å². The number of nitrogens with zero attached hydrogens (tertiary/aromatic N) is 1. The molecule has 5 heteroatoms. The van der Waals surface area contributed by atoms with Crippen LogP contribution in [-0.4, -0.2) is 39.1 Å². The van der Waals surface area contributed by atoms with Crippen LogP contribution in [0.15, 0.2) is 12.2 Å². The van der Waals surface area contributed by atoms with Gasteiger partial charge in [0.15, 0.2) is 0 Å². The van der Waals surface area contributed by atoms with Gasteiger partial charge in [0, 0.05) is 11.7 Å². The number of amides is 1. The first-order valence-electron chi connectivity index (χ1n) is 6.46. The molecule has 3 atom stereocenters. The zero-order valence-electron chi connectivity index (χ0n) is 10.5. The van der Waals surface area contributed by atoms with Crippen molar-refractivity contribution in [3.8, 4) is 0 Å². The van der Waals surface area contributed by atoms with E-state index < -0.39 is 12.0 Å². The third-order valence-corrected chi connectivity index (χ3v) is 5.05. The molecule has 0 aromatic heterocycles. The molecule has 2 rings (SSSR count). The normalized spacial score (nSPS) is 31.6. The van der Waals surface area contributed by atoms with Gasteiger partial charge in [-0.05, 0) is 25.7 Å². The van der Waals surface area contributed by atoms with Crippen LogP contribution >= 0.6 is 11.8 Å². The van der Waals surface area contributed by atoms with Crippen LogP contribution in [0.3, 0.4) is 0 Å². The highest BCUT2D eigenvalue weighted by atomic mass is 32.2. The summed E-state index contributed by atoms with van der Waals surface area (Å²) in [4.78, 5) is 25.4. The van der Waals surface area contributed by atoms with E-state index in [1.54, 1.807) is 16.7 Å². The Balaban J connectivity index is 2.13. The van der Waals surface area contributed by atoms with Gasteiger partial charge in [-0.3, -0.25) is 4.79 Å². The Morgan fingerprint density at radius 1 is 1.44 bits per heavy atom. The number of carbonyl (C=O) groups excluding carboxylic acids is 1. The minimum absolute atomic E-state index is 0.0235. The zero-order valence-corrected chi connectivity index (χ0v) is 11.4. The minimum Gasteiger partial charge on any atom is -0.480 e. The second-order valence-corrected chi connectivity index (χ2v) is 5.99. The van der Waals surface area contributed by atoms with E-state index in [4.69, 9.17) is 0 Å². The highest BCUT2D eigenvalue weighted by molar-refractivity contribution is 8.00. The summed E-state index contributed by atoms with van der Waals surface area (Å²) >= 11 is 1.59. The van der Waals surface area contributed by atoms with Crippen molar-refractivity contribution in [3.63, 3.8) is 0 Å². The number of rotatable bonds is 3. The molecule has 0 aromatic rings. The maximum absolute atomic E-state index is 12.5. The predicted molar refractivity (Wildman–Crippen MR) is 71.3 cm³/mol. The van der Waals surface area contributed by atoms with Gasteiger partial charge in [0.2, 0.25) is 5.91 Å². The summed E-state index contributed by atoms with van der Waals surface area (Å²) in [6.45, 7) is 2.00. The smallest absolute Gasteiger partial charge is 0.327 e. The molecule has 1 fully saturated rings. The molecule has 0 bridgehead atoms. The molecule has 1 heterocycles. The molecule has 2 aliphatic rings. The quantitative estimate of drug-likeness (QED) is 0.797. The Kier molecular flexibility index (Phi) is 4.32. The fraction of sp³-hybridized carbons (Fsp3) is 0.692. The first kappa shape index (κ1) is 13.5. The SMILES string of the molecule is CCC1SCC(C(=O)O)N1C(=O)C1CC=CCC1. The fourth-order valence-corrected chi connectivity index (χ4v) is 3.95. The summed E-state index contributed by atoms with van der Waals surface area (Å²) in [5.74, 6) is -0.353. The first-order chi connectivity index (χ1) is 8.65. The van der Waals surface area contributed by atoms with E-state index in [1.165, 1.54) is 0 Å². The lowest BCUT2D eigenvalue weighted by Gasteiger charge is -2.31. The van der Waals surface area contributed by atoms with Crippen molar-refractivity contribution in [2.24, 2.45) is 5.92 Å². The molecule has 1 saturated heterocycles. The van der Waals surface area contributed by atoms with Crippen LogP contribution in [0.5, 0.6) is 0 Å². The number of hydrogen-bond donors (Lipinski definition) is 1. The van der Waals surface area contributed by atoms with Crippen LogP contribution in [0.1, 0.15) is 32.6 Å². The van der Waals surface area contributed by atoms with Crippen molar-refractivity contribution >= 4 is 23.6 Å². The largest absolute Gasteiger partial charge is 0.480 e. The summed E-state index contributed by atoms with van der Waals surface area (Å²) in [7, 11) is 0. The van der Waals surface area contributed by atoms with Gasteiger partial charge >= 0.3 is 5.97 Å². The van der Waals surface area contributed by atoms with E-state index in [1.807, 2.05) is 13.0 Å². The van der Waals surface area contributed by atoms with Crippen LogP contribution in [0.25, 0.3) is 0 Å². The molecule has 1 amide bonds. The zero-order chi connectivity index (χ0) is 13.1. The van der Waals surface area contributed by atoms with Crippen LogP contribution in [-0.2, 0) is 9.59 Å². The maximum atomic E-state index is 12.5. The Morgan fingerprint density at radius 3 is 2.78 bits per heavy atom. The lowest BCUT2D eigenvalue weighted by molar-refractivity contribution is -0.151. The second kappa shape index (κ2) is 5.78. The van der Waals surface area contributed by atoms with Crippen LogP contribution < -0.4 is 0 Å². The molecule has 0 aromatic carbocycles. The molecule has 100 valence electrons. The Morgan fingerprint density at radius 2 is 2.22 bits per heavy atom. The molecule has 3 unspecified atom stereocenters. The van der Waals surface area contributed by atoms with Crippen molar-refractivity contribution in [1.82, 2.24) is 4.90 Å². The van der Waals surface area contributed by atoms with Gasteiger partial charge < -0.3 is 10.0 Å². The highest BCUT2D eigenvalue weighted by Crippen LogP contribution is 2.34. The molecule has 0 saturated carbocycles. The Labute approximate surface area is 111 Å². The summed E-state index contributed by atoms with van der Waals surface area (Å²) in [5, 5.41) is 9.25. The van der Waals surface area contributed by atoms with Gasteiger partial charge in [-0.25, -0.2) is 4.79 Å². The monoisotopic (exact) mass is 269 g/mol. The Bertz CT molecular complexity index is 369. The van der Waals surface area contributed by atoms with Gasteiger partial charge in [-0.15, -0.1) is 11.8 Å².